The summed E-state index contributed by atoms with van der Waals surface area (Å²) < 4.78 is 27.3. The molecule has 3 radical (unpaired) electrons. The standard InChI is InChI=1S/C15H14F2N2O.B.H2/c1-10-4-3-5-11(2)15(10)18-14(20)9-19-7-12(16)6-13(17)8-19;;/h3-8H,9H2,1-2H3;;1H/p+1. The molecule has 0 atom stereocenters. The number of halogens is 2. The number of para-hydroxylation sites is 1. The van der Waals surface area contributed by atoms with Gasteiger partial charge in [0.05, 0.1) is 0 Å². The molecule has 1 aromatic carbocycles. The number of benzene rings is 1. The second-order valence-electron chi connectivity index (χ2n) is 4.66. The number of anilines is 1. The summed E-state index contributed by atoms with van der Waals surface area (Å²) in [6, 6.07) is 6.44. The topological polar surface area (TPSA) is 33.0 Å². The van der Waals surface area contributed by atoms with Crippen LogP contribution in [0.4, 0.5) is 14.5 Å². The van der Waals surface area contributed by atoms with Gasteiger partial charge in [-0.1, -0.05) is 18.2 Å². The van der Waals surface area contributed by atoms with E-state index in [-0.39, 0.29) is 22.3 Å². The molecule has 0 aliphatic carbocycles. The molecule has 0 aliphatic rings. The summed E-state index contributed by atoms with van der Waals surface area (Å²) in [6.07, 6.45) is 2.15. The van der Waals surface area contributed by atoms with Gasteiger partial charge in [-0.2, -0.15) is 4.57 Å². The number of hydrogen-bond donors (Lipinski definition) is 1. The first-order valence-corrected chi connectivity index (χ1v) is 6.17. The fourth-order valence-electron chi connectivity index (χ4n) is 2.01. The molecule has 1 amide bonds. The minimum Gasteiger partial charge on any atom is -0.320 e. The van der Waals surface area contributed by atoms with E-state index in [0.29, 0.717) is 0 Å². The van der Waals surface area contributed by atoms with Gasteiger partial charge in [0, 0.05) is 21.6 Å². The van der Waals surface area contributed by atoms with Gasteiger partial charge in [0.25, 0.3) is 5.91 Å². The summed E-state index contributed by atoms with van der Waals surface area (Å²) in [5, 5.41) is 2.76. The number of aryl methyl sites for hydroxylation is 2. The molecule has 0 aliphatic heterocycles. The monoisotopic (exact) mass is 290 g/mol. The lowest BCUT2D eigenvalue weighted by Crippen LogP contribution is -2.40. The average molecular weight is 290 g/mol. The van der Waals surface area contributed by atoms with Crippen molar-refractivity contribution < 1.29 is 19.6 Å². The summed E-state index contributed by atoms with van der Waals surface area (Å²) >= 11 is 0. The molecule has 1 aromatic heterocycles. The van der Waals surface area contributed by atoms with Gasteiger partial charge in [-0.05, 0) is 25.0 Å². The second kappa shape index (κ2) is 6.97. The molecule has 3 nitrogen and oxygen atoms in total. The van der Waals surface area contributed by atoms with Gasteiger partial charge in [-0.25, -0.2) is 8.78 Å². The predicted molar refractivity (Wildman–Crippen MR) is 79.0 cm³/mol. The van der Waals surface area contributed by atoms with Crippen LogP contribution in [0.15, 0.2) is 36.7 Å². The van der Waals surface area contributed by atoms with Crippen molar-refractivity contribution in [3.8, 4) is 0 Å². The Kier molecular flexibility index (Phi) is 5.58. The first-order chi connectivity index (χ1) is 9.45. The Bertz CT molecular complexity index is 627. The molecule has 6 heteroatoms. The van der Waals surface area contributed by atoms with Crippen molar-refractivity contribution >= 4 is 20.0 Å². The van der Waals surface area contributed by atoms with Crippen molar-refractivity contribution in [3.05, 3.63) is 59.4 Å². The highest BCUT2D eigenvalue weighted by Crippen LogP contribution is 2.19. The molecule has 0 spiro atoms. The fourth-order valence-corrected chi connectivity index (χ4v) is 2.01. The van der Waals surface area contributed by atoms with E-state index in [9.17, 15) is 13.6 Å². The highest BCUT2D eigenvalue weighted by Gasteiger charge is 2.14. The minimum absolute atomic E-state index is 0. The van der Waals surface area contributed by atoms with Crippen LogP contribution in [0.3, 0.4) is 0 Å². The van der Waals surface area contributed by atoms with Crippen molar-refractivity contribution in [2.75, 3.05) is 5.32 Å². The van der Waals surface area contributed by atoms with Crippen LogP contribution in [0, 0.1) is 25.5 Å². The lowest BCUT2D eigenvalue weighted by atomic mass is 10.1. The number of nitrogens with zero attached hydrogens (tertiary/aromatic N) is 1. The summed E-state index contributed by atoms with van der Waals surface area (Å²) in [4.78, 5) is 11.9. The van der Waals surface area contributed by atoms with E-state index in [1.807, 2.05) is 32.0 Å². The van der Waals surface area contributed by atoms with E-state index in [1.165, 1.54) is 4.57 Å². The number of carbonyl (C=O) groups is 1. The Morgan fingerprint density at radius 1 is 1.19 bits per heavy atom. The van der Waals surface area contributed by atoms with Crippen LogP contribution < -0.4 is 9.88 Å². The highest BCUT2D eigenvalue weighted by molar-refractivity contribution is 5.91. The third kappa shape index (κ3) is 4.38. The third-order valence-electron chi connectivity index (χ3n) is 2.93. The van der Waals surface area contributed by atoms with Gasteiger partial charge in [0.2, 0.25) is 18.9 Å². The number of amides is 1. The molecule has 0 saturated carbocycles. The van der Waals surface area contributed by atoms with E-state index in [4.69, 9.17) is 0 Å². The van der Waals surface area contributed by atoms with Crippen molar-refractivity contribution in [3.63, 3.8) is 0 Å². The first kappa shape index (κ1) is 16.8. The molecule has 0 bridgehead atoms. The van der Waals surface area contributed by atoms with E-state index in [2.05, 4.69) is 5.32 Å². The molecular formula is C15H17BF2N2O+. The Balaban J connectivity index is 0.00000220. The van der Waals surface area contributed by atoms with Gasteiger partial charge < -0.3 is 5.32 Å². The molecule has 109 valence electrons. The quantitative estimate of drug-likeness (QED) is 0.683. The van der Waals surface area contributed by atoms with Gasteiger partial charge >= 0.3 is 0 Å². The van der Waals surface area contributed by atoms with Crippen molar-refractivity contribution in [1.82, 2.24) is 0 Å². The minimum atomic E-state index is -0.718. The van der Waals surface area contributed by atoms with E-state index < -0.39 is 11.6 Å². The number of hydrogen-bond acceptors (Lipinski definition) is 1. The maximum atomic E-state index is 13.0. The third-order valence-corrected chi connectivity index (χ3v) is 2.93. The normalized spacial score (nSPS) is 9.90. The van der Waals surface area contributed by atoms with Crippen molar-refractivity contribution in [1.29, 1.82) is 0 Å². The van der Waals surface area contributed by atoms with Crippen LogP contribution in [0.2, 0.25) is 0 Å². The smallest absolute Gasteiger partial charge is 0.290 e. The largest absolute Gasteiger partial charge is 0.320 e. The lowest BCUT2D eigenvalue weighted by molar-refractivity contribution is -0.686. The Morgan fingerprint density at radius 3 is 2.24 bits per heavy atom. The van der Waals surface area contributed by atoms with Gasteiger partial charge in [-0.15, -0.1) is 0 Å². The molecular weight excluding hydrogens is 273 g/mol. The van der Waals surface area contributed by atoms with Gasteiger partial charge in [0.15, 0.2) is 11.6 Å². The average Bonchev–Trinajstić information content (AvgIpc) is 2.32. The number of carbonyl (C=O) groups excluding carboxylic acids is 1. The predicted octanol–water partition coefficient (Wildman–Crippen LogP) is 2.37. The Morgan fingerprint density at radius 2 is 1.71 bits per heavy atom. The zero-order chi connectivity index (χ0) is 14.7. The van der Waals surface area contributed by atoms with E-state index >= 15 is 0 Å². The lowest BCUT2D eigenvalue weighted by Gasteiger charge is -2.10. The molecule has 2 rings (SSSR count). The second-order valence-corrected chi connectivity index (χ2v) is 4.66. The molecule has 21 heavy (non-hydrogen) atoms. The van der Waals surface area contributed by atoms with Gasteiger partial charge in [-0.3, -0.25) is 4.79 Å². The summed E-state index contributed by atoms with van der Waals surface area (Å²) in [5.41, 5.74) is 2.61. The number of aromatic nitrogens is 1. The Hall–Kier alpha value is -2.24. The summed E-state index contributed by atoms with van der Waals surface area (Å²) in [6.45, 7) is 3.62. The molecule has 0 unspecified atom stereocenters. The zero-order valence-electron chi connectivity index (χ0n) is 11.9. The summed E-state index contributed by atoms with van der Waals surface area (Å²) in [5.74, 6) is -1.77. The highest BCUT2D eigenvalue weighted by atomic mass is 19.1. The first-order valence-electron chi connectivity index (χ1n) is 6.17. The number of nitrogens with one attached hydrogen (secondary N) is 1. The van der Waals surface area contributed by atoms with Crippen LogP contribution in [0.1, 0.15) is 12.6 Å². The molecule has 0 fully saturated rings. The number of pyridine rings is 1. The van der Waals surface area contributed by atoms with Crippen LogP contribution in [0.25, 0.3) is 0 Å². The zero-order valence-corrected chi connectivity index (χ0v) is 11.9. The van der Waals surface area contributed by atoms with Crippen LogP contribution in [-0.2, 0) is 11.3 Å². The molecule has 1 N–H and O–H groups in total. The number of rotatable bonds is 3. The molecule has 0 saturated heterocycles. The molecule has 1 heterocycles. The van der Waals surface area contributed by atoms with Crippen molar-refractivity contribution in [2.24, 2.45) is 0 Å². The van der Waals surface area contributed by atoms with E-state index in [0.717, 1.165) is 35.3 Å². The molecule has 2 aromatic rings. The van der Waals surface area contributed by atoms with Gasteiger partial charge in [0.1, 0.15) is 0 Å². The fraction of sp³-hybridized carbons (Fsp3) is 0.200. The maximum absolute atomic E-state index is 13.0. The van der Waals surface area contributed by atoms with Crippen LogP contribution in [0.5, 0.6) is 0 Å². The van der Waals surface area contributed by atoms with Crippen LogP contribution >= 0.6 is 0 Å². The van der Waals surface area contributed by atoms with Crippen LogP contribution in [-0.4, -0.2) is 14.3 Å². The maximum Gasteiger partial charge on any atom is 0.290 e. The summed E-state index contributed by atoms with van der Waals surface area (Å²) in [7, 11) is 0. The van der Waals surface area contributed by atoms with E-state index in [1.54, 1.807) is 0 Å². The Labute approximate surface area is 125 Å². The SMILES string of the molecule is Cc1cccc(C)c1NC(=O)C[n+]1cc(F)cc(F)c1.[B].[HH]. The van der Waals surface area contributed by atoms with Crippen molar-refractivity contribution in [2.45, 2.75) is 20.4 Å².